The molecule has 0 aromatic carbocycles. The van der Waals surface area contributed by atoms with Gasteiger partial charge in [0.1, 0.15) is 25.4 Å². The fourth-order valence-corrected chi connectivity index (χ4v) is 11.2. The molecule has 0 rings (SSSR count). The molecule has 0 saturated heterocycles. The van der Waals surface area contributed by atoms with E-state index < -0.39 is 91.5 Å². The number of unbranched alkanes of at least 4 members (excludes halogenated alkanes) is 25. The summed E-state index contributed by atoms with van der Waals surface area (Å²) in [6.07, 6.45) is 85.1. The summed E-state index contributed by atoms with van der Waals surface area (Å²) in [5.41, 5.74) is 0. The van der Waals surface area contributed by atoms with Gasteiger partial charge in [0.05, 0.1) is 26.4 Å². The topological polar surface area (TPSA) is 231 Å². The molecule has 0 aromatic rings. The number of aliphatic hydroxyl groups excluding tert-OH is 2. The Morgan fingerprint density at radius 2 is 0.557 bits per heavy atom. The standard InChI is InChI=1S/C79H134O16P2/c1-4-7-10-13-16-19-22-24-26-28-30-32-34-36-38-40-42-44-46-48-51-53-56-59-62-65-77(82)89-68-74(80)69-91-96(85,86)92-70-75(81)71-93-97(87,88)94-73-76(95-79(84)67-64-61-58-55-50-21-18-15-12-9-6-3)72-90-78(83)66-63-60-57-54-52-49-47-45-43-41-39-37-35-33-31-29-27-25-23-20-17-14-11-8-5-2/h7,10,15-20,24-27,30-33,36-39,42,44,74-76,80-81H,4-6,8-9,11-14,21-23,28-29,34-35,40-41,43,45-73H2,1-3H3,(H,85,86)(H,87,88)/b10-7-,18-15-,19-16-,20-17-,26-24-,27-25-,32-30-,33-31-,38-36-,39-37-,44-42-. The van der Waals surface area contributed by atoms with E-state index in [9.17, 15) is 43.5 Å². The van der Waals surface area contributed by atoms with Crippen molar-refractivity contribution in [1.82, 2.24) is 0 Å². The number of carbonyl (C=O) groups is 3. The van der Waals surface area contributed by atoms with Crippen molar-refractivity contribution >= 4 is 33.6 Å². The average molecular weight is 1400 g/mol. The van der Waals surface area contributed by atoms with Crippen LogP contribution in [-0.4, -0.2) is 95.9 Å². The van der Waals surface area contributed by atoms with Gasteiger partial charge in [-0.2, -0.15) is 0 Å². The Bertz CT molecular complexity index is 2300. The molecule has 0 amide bonds. The molecule has 0 aliphatic carbocycles. The molecule has 0 bridgehead atoms. The summed E-state index contributed by atoms with van der Waals surface area (Å²) >= 11 is 0. The third kappa shape index (κ3) is 72.8. The first kappa shape index (κ1) is 92.7. The van der Waals surface area contributed by atoms with E-state index in [0.717, 1.165) is 167 Å². The van der Waals surface area contributed by atoms with Gasteiger partial charge in [0.15, 0.2) is 6.10 Å². The molecule has 5 atom stereocenters. The van der Waals surface area contributed by atoms with Gasteiger partial charge in [-0.25, -0.2) is 9.13 Å². The predicted molar refractivity (Wildman–Crippen MR) is 399 cm³/mol. The summed E-state index contributed by atoms with van der Waals surface area (Å²) in [5, 5.41) is 20.6. The fraction of sp³-hybridized carbons (Fsp3) is 0.684. The van der Waals surface area contributed by atoms with Crippen LogP contribution in [0.5, 0.6) is 0 Å². The first-order valence-corrected chi connectivity index (χ1v) is 40.5. The number of hydrogen-bond acceptors (Lipinski definition) is 14. The molecule has 0 radical (unpaired) electrons. The van der Waals surface area contributed by atoms with E-state index in [1.165, 1.54) is 64.2 Å². The number of esters is 3. The molecule has 16 nitrogen and oxygen atoms in total. The lowest BCUT2D eigenvalue weighted by molar-refractivity contribution is -0.161. The summed E-state index contributed by atoms with van der Waals surface area (Å²) in [5.74, 6) is -1.61. The lowest BCUT2D eigenvalue weighted by Gasteiger charge is -2.21. The van der Waals surface area contributed by atoms with Crippen LogP contribution in [0.2, 0.25) is 0 Å². The number of rotatable bonds is 70. The number of carbonyl (C=O) groups excluding carboxylic acids is 3. The third-order valence-corrected chi connectivity index (χ3v) is 17.2. The van der Waals surface area contributed by atoms with Gasteiger partial charge in [-0.15, -0.1) is 0 Å². The monoisotopic (exact) mass is 1400 g/mol. The van der Waals surface area contributed by atoms with E-state index in [1.54, 1.807) is 0 Å². The quantitative estimate of drug-likeness (QED) is 0.0146. The highest BCUT2D eigenvalue weighted by atomic mass is 31.2. The van der Waals surface area contributed by atoms with E-state index >= 15 is 0 Å². The zero-order valence-corrected chi connectivity index (χ0v) is 62.2. The van der Waals surface area contributed by atoms with E-state index in [1.807, 2.05) is 0 Å². The van der Waals surface area contributed by atoms with Crippen molar-refractivity contribution in [3.05, 3.63) is 134 Å². The maximum atomic E-state index is 12.9. The van der Waals surface area contributed by atoms with Crippen LogP contribution in [0.4, 0.5) is 0 Å². The van der Waals surface area contributed by atoms with Crippen molar-refractivity contribution in [1.29, 1.82) is 0 Å². The number of ether oxygens (including phenoxy) is 3. The van der Waals surface area contributed by atoms with Crippen LogP contribution in [0.25, 0.3) is 0 Å². The SMILES string of the molecule is CC/C=C\C/C=C\C/C=C\C/C=C\C/C=C\C/C=C\CCCCCCCCC(=O)OCC(O)COP(=O)(O)OCC(O)COP(=O)(O)OCC(COC(=O)CCCCCCCCCCC/C=C\C/C=C\C/C=C\C/C=C\CCCCC)OC(=O)CCCCCCC/C=C\CCCC. The molecular weight excluding hydrogens is 1270 g/mol. The van der Waals surface area contributed by atoms with Gasteiger partial charge in [0.2, 0.25) is 0 Å². The Morgan fingerprint density at radius 1 is 0.299 bits per heavy atom. The van der Waals surface area contributed by atoms with Crippen molar-refractivity contribution < 1.29 is 75.8 Å². The van der Waals surface area contributed by atoms with E-state index in [0.29, 0.717) is 19.3 Å². The van der Waals surface area contributed by atoms with Gasteiger partial charge in [0, 0.05) is 19.3 Å². The van der Waals surface area contributed by atoms with Crippen molar-refractivity contribution in [2.24, 2.45) is 0 Å². The van der Waals surface area contributed by atoms with E-state index in [2.05, 4.69) is 154 Å². The molecule has 4 N–H and O–H groups in total. The molecule has 0 aliphatic rings. The Balaban J connectivity index is 4.55. The van der Waals surface area contributed by atoms with Gasteiger partial charge < -0.3 is 34.2 Å². The molecule has 0 heterocycles. The number of phosphoric ester groups is 2. The van der Waals surface area contributed by atoms with Crippen molar-refractivity contribution in [2.45, 2.75) is 309 Å². The largest absolute Gasteiger partial charge is 0.472 e. The minimum atomic E-state index is -4.93. The maximum Gasteiger partial charge on any atom is 0.472 e. The van der Waals surface area contributed by atoms with Crippen molar-refractivity contribution in [3.63, 3.8) is 0 Å². The molecule has 0 aliphatic heterocycles. The lowest BCUT2D eigenvalue weighted by Crippen LogP contribution is -2.30. The number of phosphoric acid groups is 2. The first-order chi connectivity index (χ1) is 47.2. The molecule has 18 heteroatoms. The average Bonchev–Trinajstić information content (AvgIpc) is 1.85. The van der Waals surface area contributed by atoms with Gasteiger partial charge in [-0.1, -0.05) is 270 Å². The smallest absolute Gasteiger partial charge is 0.463 e. The Hall–Kier alpha value is -4.31. The van der Waals surface area contributed by atoms with Crippen molar-refractivity contribution in [2.75, 3.05) is 39.6 Å². The second kappa shape index (κ2) is 71.5. The Labute approximate surface area is 588 Å². The zero-order chi connectivity index (χ0) is 70.9. The van der Waals surface area contributed by atoms with Gasteiger partial charge in [-0.3, -0.25) is 32.5 Å². The molecule has 556 valence electrons. The molecule has 0 spiro atoms. The van der Waals surface area contributed by atoms with Gasteiger partial charge in [0.25, 0.3) is 0 Å². The van der Waals surface area contributed by atoms with Crippen molar-refractivity contribution in [3.8, 4) is 0 Å². The fourth-order valence-electron chi connectivity index (χ4n) is 9.60. The second-order valence-corrected chi connectivity index (χ2v) is 27.6. The van der Waals surface area contributed by atoms with Gasteiger partial charge in [-0.05, 0) is 135 Å². The highest BCUT2D eigenvalue weighted by molar-refractivity contribution is 7.47. The molecule has 97 heavy (non-hydrogen) atoms. The summed E-state index contributed by atoms with van der Waals surface area (Å²) in [7, 11) is -9.79. The summed E-state index contributed by atoms with van der Waals surface area (Å²) in [6, 6.07) is 0. The third-order valence-electron chi connectivity index (χ3n) is 15.3. The van der Waals surface area contributed by atoms with Crippen LogP contribution < -0.4 is 0 Å². The van der Waals surface area contributed by atoms with Crippen LogP contribution in [0.15, 0.2) is 134 Å². The zero-order valence-electron chi connectivity index (χ0n) is 60.5. The minimum Gasteiger partial charge on any atom is -0.463 e. The first-order valence-electron chi connectivity index (χ1n) is 37.5. The molecule has 0 fully saturated rings. The lowest BCUT2D eigenvalue weighted by atomic mass is 10.1. The van der Waals surface area contributed by atoms with Crippen LogP contribution in [0.1, 0.15) is 290 Å². The molecular formula is C79H134O16P2. The summed E-state index contributed by atoms with van der Waals surface area (Å²) in [4.78, 5) is 58.5. The number of hydrogen-bond donors (Lipinski definition) is 4. The van der Waals surface area contributed by atoms with Gasteiger partial charge >= 0.3 is 33.6 Å². The molecule has 0 aromatic heterocycles. The molecule has 0 saturated carbocycles. The predicted octanol–water partition coefficient (Wildman–Crippen LogP) is 21.5. The Kier molecular flexibility index (Phi) is 68.3. The number of aliphatic hydroxyl groups is 2. The summed E-state index contributed by atoms with van der Waals surface area (Å²) < 4.78 is 61.0. The minimum absolute atomic E-state index is 0.0899. The van der Waals surface area contributed by atoms with E-state index in [-0.39, 0.29) is 19.3 Å². The highest BCUT2D eigenvalue weighted by Gasteiger charge is 2.29. The highest BCUT2D eigenvalue weighted by Crippen LogP contribution is 2.45. The second-order valence-electron chi connectivity index (χ2n) is 24.7. The van der Waals surface area contributed by atoms with Crippen LogP contribution in [-0.2, 0) is 55.8 Å². The van der Waals surface area contributed by atoms with Crippen LogP contribution in [0.3, 0.4) is 0 Å². The normalized spacial score (nSPS) is 14.8. The molecule has 5 unspecified atom stereocenters. The summed E-state index contributed by atoms with van der Waals surface area (Å²) in [6.45, 7) is 2.45. The number of allylic oxidation sites excluding steroid dienone is 22. The van der Waals surface area contributed by atoms with Crippen LogP contribution in [0, 0.1) is 0 Å². The van der Waals surface area contributed by atoms with Crippen LogP contribution >= 0.6 is 15.6 Å². The van der Waals surface area contributed by atoms with E-state index in [4.69, 9.17) is 32.3 Å². The maximum absolute atomic E-state index is 12.9. The Morgan fingerprint density at radius 3 is 0.907 bits per heavy atom.